The van der Waals surface area contributed by atoms with Crippen molar-refractivity contribution in [3.05, 3.63) is 0 Å². The van der Waals surface area contributed by atoms with Crippen molar-refractivity contribution >= 4 is 5.97 Å². The largest absolute Gasteiger partial charge is 0.466 e. The fourth-order valence-corrected chi connectivity index (χ4v) is 1.37. The van der Waals surface area contributed by atoms with Crippen LogP contribution >= 0.6 is 0 Å². The Labute approximate surface area is 87.0 Å². The molecule has 0 aromatic rings. The molecule has 0 radical (unpaired) electrons. The number of hydrogen-bond donors (Lipinski definition) is 1. The van der Waals surface area contributed by atoms with Gasteiger partial charge in [0.1, 0.15) is 0 Å². The second-order valence-electron chi connectivity index (χ2n) is 3.62. The summed E-state index contributed by atoms with van der Waals surface area (Å²) in [5.41, 5.74) is 5.79. The highest BCUT2D eigenvalue weighted by Crippen LogP contribution is 2.06. The van der Waals surface area contributed by atoms with Crippen molar-refractivity contribution in [1.82, 2.24) is 0 Å². The van der Waals surface area contributed by atoms with E-state index >= 15 is 0 Å². The number of hydrogen-bond acceptors (Lipinski definition) is 3. The molecule has 84 valence electrons. The highest BCUT2D eigenvalue weighted by molar-refractivity contribution is 5.70. The van der Waals surface area contributed by atoms with Gasteiger partial charge in [-0.05, 0) is 13.3 Å². The van der Waals surface area contributed by atoms with E-state index < -0.39 is 0 Å². The molecule has 0 bridgehead atoms. The van der Waals surface area contributed by atoms with Crippen molar-refractivity contribution in [2.45, 2.75) is 58.4 Å². The van der Waals surface area contributed by atoms with Gasteiger partial charge in [0.25, 0.3) is 0 Å². The van der Waals surface area contributed by atoms with Gasteiger partial charge in [-0.3, -0.25) is 4.79 Å². The van der Waals surface area contributed by atoms with Crippen LogP contribution in [0, 0.1) is 0 Å². The zero-order valence-corrected chi connectivity index (χ0v) is 9.42. The molecule has 3 nitrogen and oxygen atoms in total. The van der Waals surface area contributed by atoms with Gasteiger partial charge in [-0.15, -0.1) is 0 Å². The predicted octanol–water partition coefficient (Wildman–Crippen LogP) is 2.24. The van der Waals surface area contributed by atoms with E-state index in [1.54, 1.807) is 0 Å². The number of carbonyl (C=O) groups excluding carboxylic acids is 1. The molecule has 0 aromatic carbocycles. The minimum Gasteiger partial charge on any atom is -0.466 e. The van der Waals surface area contributed by atoms with Gasteiger partial charge in [-0.2, -0.15) is 0 Å². The van der Waals surface area contributed by atoms with E-state index in [4.69, 9.17) is 10.5 Å². The van der Waals surface area contributed by atoms with Crippen molar-refractivity contribution < 1.29 is 9.53 Å². The third-order valence-corrected chi connectivity index (χ3v) is 2.16. The third kappa shape index (κ3) is 8.05. The van der Waals surface area contributed by atoms with Gasteiger partial charge in [0, 0.05) is 6.04 Å². The van der Waals surface area contributed by atoms with Crippen LogP contribution < -0.4 is 5.73 Å². The standard InChI is InChI=1S/C11H23NO2/c1-3-5-6-7-8-10(12)9-11(13)14-4-2/h10H,3-9,12H2,1-2H3. The van der Waals surface area contributed by atoms with Crippen LogP contribution in [0.25, 0.3) is 0 Å². The number of carbonyl (C=O) groups is 1. The van der Waals surface area contributed by atoms with Crippen molar-refractivity contribution in [2.24, 2.45) is 5.73 Å². The van der Waals surface area contributed by atoms with Crippen LogP contribution in [-0.4, -0.2) is 18.6 Å². The van der Waals surface area contributed by atoms with E-state index in [1.807, 2.05) is 6.92 Å². The lowest BCUT2D eigenvalue weighted by Crippen LogP contribution is -2.24. The van der Waals surface area contributed by atoms with E-state index in [1.165, 1.54) is 19.3 Å². The smallest absolute Gasteiger partial charge is 0.307 e. The maximum atomic E-state index is 11.0. The van der Waals surface area contributed by atoms with Crippen LogP contribution in [0.5, 0.6) is 0 Å². The molecule has 0 fully saturated rings. The van der Waals surface area contributed by atoms with E-state index in [0.717, 1.165) is 12.8 Å². The van der Waals surface area contributed by atoms with Gasteiger partial charge in [0.05, 0.1) is 13.0 Å². The van der Waals surface area contributed by atoms with E-state index in [0.29, 0.717) is 13.0 Å². The first kappa shape index (κ1) is 13.4. The second-order valence-corrected chi connectivity index (χ2v) is 3.62. The molecule has 0 saturated carbocycles. The summed E-state index contributed by atoms with van der Waals surface area (Å²) in [4.78, 5) is 11.0. The van der Waals surface area contributed by atoms with Gasteiger partial charge in [0.2, 0.25) is 0 Å². The van der Waals surface area contributed by atoms with Crippen LogP contribution in [-0.2, 0) is 9.53 Å². The van der Waals surface area contributed by atoms with Crippen molar-refractivity contribution in [2.75, 3.05) is 6.61 Å². The minimum atomic E-state index is -0.171. The maximum Gasteiger partial charge on any atom is 0.307 e. The van der Waals surface area contributed by atoms with Crippen molar-refractivity contribution in [3.8, 4) is 0 Å². The Morgan fingerprint density at radius 1 is 1.29 bits per heavy atom. The molecule has 0 aliphatic rings. The summed E-state index contributed by atoms with van der Waals surface area (Å²) in [7, 11) is 0. The molecule has 0 aromatic heterocycles. The summed E-state index contributed by atoms with van der Waals surface area (Å²) in [6.07, 6.45) is 6.11. The van der Waals surface area contributed by atoms with Gasteiger partial charge >= 0.3 is 5.97 Å². The fourth-order valence-electron chi connectivity index (χ4n) is 1.37. The lowest BCUT2D eigenvalue weighted by molar-refractivity contribution is -0.143. The Morgan fingerprint density at radius 3 is 2.57 bits per heavy atom. The van der Waals surface area contributed by atoms with Crippen LogP contribution in [0.3, 0.4) is 0 Å². The summed E-state index contributed by atoms with van der Waals surface area (Å²) in [5.74, 6) is -0.171. The molecule has 1 unspecified atom stereocenters. The second kappa shape index (κ2) is 9.00. The third-order valence-electron chi connectivity index (χ3n) is 2.16. The quantitative estimate of drug-likeness (QED) is 0.484. The Balaban J connectivity index is 3.35. The normalized spacial score (nSPS) is 12.5. The Bertz CT molecular complexity index is 148. The highest BCUT2D eigenvalue weighted by Gasteiger charge is 2.09. The first-order valence-electron chi connectivity index (χ1n) is 5.61. The Hall–Kier alpha value is -0.570. The van der Waals surface area contributed by atoms with Crippen LogP contribution in [0.15, 0.2) is 0 Å². The molecule has 0 aliphatic heterocycles. The molecule has 0 amide bonds. The summed E-state index contributed by atoms with van der Waals surface area (Å²) in [6.45, 7) is 4.44. The zero-order chi connectivity index (χ0) is 10.8. The molecule has 3 heteroatoms. The van der Waals surface area contributed by atoms with E-state index in [-0.39, 0.29) is 12.0 Å². The van der Waals surface area contributed by atoms with Crippen LogP contribution in [0.1, 0.15) is 52.4 Å². The SMILES string of the molecule is CCCCCCC(N)CC(=O)OCC. The average Bonchev–Trinajstić information content (AvgIpc) is 2.13. The molecule has 0 aliphatic carbocycles. The molecule has 1 atom stereocenters. The predicted molar refractivity (Wildman–Crippen MR) is 58.0 cm³/mol. The van der Waals surface area contributed by atoms with E-state index in [9.17, 15) is 4.79 Å². The number of nitrogens with two attached hydrogens (primary N) is 1. The van der Waals surface area contributed by atoms with Crippen LogP contribution in [0.2, 0.25) is 0 Å². The average molecular weight is 201 g/mol. The number of ether oxygens (including phenoxy) is 1. The summed E-state index contributed by atoms with van der Waals surface area (Å²) in [6, 6.07) is -0.0223. The highest BCUT2D eigenvalue weighted by atomic mass is 16.5. The molecule has 0 heterocycles. The van der Waals surface area contributed by atoms with Crippen molar-refractivity contribution in [3.63, 3.8) is 0 Å². The summed E-state index contributed by atoms with van der Waals surface area (Å²) in [5, 5.41) is 0. The number of rotatable bonds is 8. The monoisotopic (exact) mass is 201 g/mol. The lowest BCUT2D eigenvalue weighted by Gasteiger charge is -2.10. The van der Waals surface area contributed by atoms with Gasteiger partial charge in [-0.25, -0.2) is 0 Å². The Morgan fingerprint density at radius 2 is 2.00 bits per heavy atom. The number of unbranched alkanes of at least 4 members (excludes halogenated alkanes) is 3. The first-order valence-corrected chi connectivity index (χ1v) is 5.61. The fraction of sp³-hybridized carbons (Fsp3) is 0.909. The Kier molecular flexibility index (Phi) is 8.64. The van der Waals surface area contributed by atoms with Gasteiger partial charge in [-0.1, -0.05) is 32.6 Å². The van der Waals surface area contributed by atoms with Crippen molar-refractivity contribution in [1.29, 1.82) is 0 Å². The maximum absolute atomic E-state index is 11.0. The summed E-state index contributed by atoms with van der Waals surface area (Å²) < 4.78 is 4.82. The molecular formula is C11H23NO2. The first-order chi connectivity index (χ1) is 6.70. The molecule has 0 spiro atoms. The summed E-state index contributed by atoms with van der Waals surface area (Å²) >= 11 is 0. The molecule has 14 heavy (non-hydrogen) atoms. The molecule has 0 saturated heterocycles. The molecule has 2 N–H and O–H groups in total. The minimum absolute atomic E-state index is 0.0223. The number of esters is 1. The van der Waals surface area contributed by atoms with Crippen LogP contribution in [0.4, 0.5) is 0 Å². The lowest BCUT2D eigenvalue weighted by atomic mass is 10.1. The zero-order valence-electron chi connectivity index (χ0n) is 9.42. The van der Waals surface area contributed by atoms with Gasteiger partial charge in [0.15, 0.2) is 0 Å². The van der Waals surface area contributed by atoms with Gasteiger partial charge < -0.3 is 10.5 Å². The topological polar surface area (TPSA) is 52.3 Å². The molecule has 0 rings (SSSR count). The molecular weight excluding hydrogens is 178 g/mol. The van der Waals surface area contributed by atoms with E-state index in [2.05, 4.69) is 6.92 Å².